The fourth-order valence-electron chi connectivity index (χ4n) is 3.75. The molecule has 1 unspecified atom stereocenters. The highest BCUT2D eigenvalue weighted by Crippen LogP contribution is 2.20. The average Bonchev–Trinajstić information content (AvgIpc) is 2.99. The Balaban J connectivity index is 1.48. The zero-order chi connectivity index (χ0) is 17.8. The normalized spacial score (nSPS) is 22.9. The van der Waals surface area contributed by atoms with Crippen LogP contribution in [0.25, 0.3) is 0 Å². The first-order valence-corrected chi connectivity index (χ1v) is 9.01. The van der Waals surface area contributed by atoms with Crippen LogP contribution in [0.1, 0.15) is 18.7 Å². The predicted octanol–water partition coefficient (Wildman–Crippen LogP) is -0.738. The molecule has 25 heavy (non-hydrogen) atoms. The molecule has 0 aliphatic carbocycles. The number of piperazine rings is 1. The molecule has 138 valence electrons. The second-order valence-electron chi connectivity index (χ2n) is 7.10. The van der Waals surface area contributed by atoms with Gasteiger partial charge in [-0.25, -0.2) is 4.98 Å². The summed E-state index contributed by atoms with van der Waals surface area (Å²) in [5.74, 6) is 0.949. The number of hydrogen-bond acceptors (Lipinski definition) is 5. The average molecular weight is 348 g/mol. The Morgan fingerprint density at radius 3 is 2.60 bits per heavy atom. The minimum absolute atomic E-state index is 0.00538. The number of hydrogen-bond donors (Lipinski definition) is 1. The summed E-state index contributed by atoms with van der Waals surface area (Å²) in [7, 11) is 2.00. The molecule has 0 spiro atoms. The molecule has 3 heterocycles. The second kappa shape index (κ2) is 7.97. The summed E-state index contributed by atoms with van der Waals surface area (Å²) >= 11 is 0. The maximum atomic E-state index is 12.8. The Morgan fingerprint density at radius 1 is 1.20 bits per heavy atom. The van der Waals surface area contributed by atoms with Gasteiger partial charge in [0, 0.05) is 52.2 Å². The lowest BCUT2D eigenvalue weighted by Gasteiger charge is -2.38. The van der Waals surface area contributed by atoms with E-state index in [9.17, 15) is 9.59 Å². The predicted molar refractivity (Wildman–Crippen MR) is 93.4 cm³/mol. The Morgan fingerprint density at radius 2 is 1.96 bits per heavy atom. The molecule has 2 aliphatic rings. The molecule has 0 aromatic carbocycles. The van der Waals surface area contributed by atoms with Crippen molar-refractivity contribution in [1.29, 1.82) is 0 Å². The van der Waals surface area contributed by atoms with Crippen LogP contribution in [0.4, 0.5) is 0 Å². The van der Waals surface area contributed by atoms with Crippen LogP contribution in [-0.2, 0) is 23.2 Å². The molecule has 0 radical (unpaired) electrons. The highest BCUT2D eigenvalue weighted by Gasteiger charge is 2.31. The first kappa shape index (κ1) is 17.9. The standard InChI is InChI=1S/C17H28N6O2/c1-20-6-4-19-16(20)13-21-7-9-23(10-8-21)17(25)14-3-2-5-22(11-14)12-15(18)24/h4,6,14H,2-3,5,7-13H2,1H3,(H2,18,24). The van der Waals surface area contributed by atoms with Crippen molar-refractivity contribution in [1.82, 2.24) is 24.3 Å². The van der Waals surface area contributed by atoms with Crippen LogP contribution in [-0.4, -0.2) is 81.9 Å². The van der Waals surface area contributed by atoms with Crippen LogP contribution in [0.15, 0.2) is 12.4 Å². The lowest BCUT2D eigenvalue weighted by atomic mass is 9.96. The molecular formula is C17H28N6O2. The van der Waals surface area contributed by atoms with Crippen LogP contribution in [0.3, 0.4) is 0 Å². The van der Waals surface area contributed by atoms with Gasteiger partial charge in [0.25, 0.3) is 0 Å². The third-order valence-electron chi connectivity index (χ3n) is 5.20. The summed E-state index contributed by atoms with van der Waals surface area (Å²) in [5.41, 5.74) is 5.28. The minimum atomic E-state index is -0.323. The van der Waals surface area contributed by atoms with Gasteiger partial charge in [-0.05, 0) is 19.4 Å². The number of nitrogens with two attached hydrogens (primary N) is 1. The highest BCUT2D eigenvalue weighted by atomic mass is 16.2. The number of rotatable bonds is 5. The molecule has 8 heteroatoms. The van der Waals surface area contributed by atoms with E-state index in [-0.39, 0.29) is 24.3 Å². The van der Waals surface area contributed by atoms with Gasteiger partial charge in [0.2, 0.25) is 11.8 Å². The molecule has 3 rings (SSSR count). The van der Waals surface area contributed by atoms with E-state index < -0.39 is 0 Å². The Bertz CT molecular complexity index is 608. The quantitative estimate of drug-likeness (QED) is 0.757. The fourth-order valence-corrected chi connectivity index (χ4v) is 3.75. The van der Waals surface area contributed by atoms with Crippen molar-refractivity contribution in [3.8, 4) is 0 Å². The lowest BCUT2D eigenvalue weighted by molar-refractivity contribution is -0.139. The summed E-state index contributed by atoms with van der Waals surface area (Å²) in [4.78, 5) is 34.6. The third-order valence-corrected chi connectivity index (χ3v) is 5.20. The van der Waals surface area contributed by atoms with Crippen molar-refractivity contribution >= 4 is 11.8 Å². The van der Waals surface area contributed by atoms with Crippen molar-refractivity contribution in [2.75, 3.05) is 45.8 Å². The van der Waals surface area contributed by atoms with Crippen molar-refractivity contribution in [3.05, 3.63) is 18.2 Å². The van der Waals surface area contributed by atoms with E-state index in [4.69, 9.17) is 5.73 Å². The lowest BCUT2D eigenvalue weighted by Crippen LogP contribution is -2.52. The molecule has 2 amide bonds. The first-order valence-electron chi connectivity index (χ1n) is 9.01. The molecule has 2 fully saturated rings. The summed E-state index contributed by atoms with van der Waals surface area (Å²) in [6.45, 7) is 5.83. The molecule has 0 bridgehead atoms. The van der Waals surface area contributed by atoms with Crippen molar-refractivity contribution in [3.63, 3.8) is 0 Å². The van der Waals surface area contributed by atoms with E-state index in [1.807, 2.05) is 33.8 Å². The topological polar surface area (TPSA) is 87.7 Å². The zero-order valence-electron chi connectivity index (χ0n) is 14.9. The molecule has 8 nitrogen and oxygen atoms in total. The monoisotopic (exact) mass is 348 g/mol. The third kappa shape index (κ3) is 4.58. The van der Waals surface area contributed by atoms with Gasteiger partial charge in [0.1, 0.15) is 5.82 Å². The second-order valence-corrected chi connectivity index (χ2v) is 7.10. The number of aromatic nitrogens is 2. The molecule has 1 aromatic heterocycles. The van der Waals surface area contributed by atoms with E-state index in [0.29, 0.717) is 6.54 Å². The summed E-state index contributed by atoms with van der Waals surface area (Å²) < 4.78 is 2.03. The van der Waals surface area contributed by atoms with Crippen LogP contribution >= 0.6 is 0 Å². The Hall–Kier alpha value is -1.93. The summed E-state index contributed by atoms with van der Waals surface area (Å²) in [5, 5.41) is 0. The van der Waals surface area contributed by atoms with Gasteiger partial charge in [-0.2, -0.15) is 0 Å². The van der Waals surface area contributed by atoms with Crippen molar-refractivity contribution in [2.24, 2.45) is 18.7 Å². The Labute approximate surface area is 148 Å². The summed E-state index contributed by atoms with van der Waals surface area (Å²) in [6, 6.07) is 0. The van der Waals surface area contributed by atoms with Crippen LogP contribution in [0.2, 0.25) is 0 Å². The van der Waals surface area contributed by atoms with Crippen molar-refractivity contribution < 1.29 is 9.59 Å². The molecular weight excluding hydrogens is 320 g/mol. The molecule has 1 aromatic rings. The molecule has 2 N–H and O–H groups in total. The molecule has 1 atom stereocenters. The number of carbonyl (C=O) groups is 2. The van der Waals surface area contributed by atoms with Crippen LogP contribution < -0.4 is 5.73 Å². The number of primary amides is 1. The largest absolute Gasteiger partial charge is 0.369 e. The number of amides is 2. The minimum Gasteiger partial charge on any atom is -0.369 e. The van der Waals surface area contributed by atoms with E-state index in [2.05, 4.69) is 9.88 Å². The van der Waals surface area contributed by atoms with Gasteiger partial charge < -0.3 is 15.2 Å². The smallest absolute Gasteiger partial charge is 0.231 e. The first-order chi connectivity index (χ1) is 12.0. The van der Waals surface area contributed by atoms with Gasteiger partial charge in [-0.15, -0.1) is 0 Å². The molecule has 2 saturated heterocycles. The van der Waals surface area contributed by atoms with E-state index in [1.165, 1.54) is 0 Å². The van der Waals surface area contributed by atoms with E-state index in [1.54, 1.807) is 0 Å². The number of aryl methyl sites for hydroxylation is 1. The summed E-state index contributed by atoms with van der Waals surface area (Å²) in [6.07, 6.45) is 5.62. The fraction of sp³-hybridized carbons (Fsp3) is 0.706. The highest BCUT2D eigenvalue weighted by molar-refractivity contribution is 5.80. The van der Waals surface area contributed by atoms with Gasteiger partial charge in [-0.1, -0.05) is 0 Å². The SMILES string of the molecule is Cn1ccnc1CN1CCN(C(=O)C2CCCN(CC(N)=O)C2)CC1. The van der Waals surface area contributed by atoms with E-state index >= 15 is 0 Å². The number of likely N-dealkylation sites (tertiary alicyclic amines) is 1. The molecule has 0 saturated carbocycles. The van der Waals surface area contributed by atoms with Crippen LogP contribution in [0.5, 0.6) is 0 Å². The number of carbonyl (C=O) groups excluding carboxylic acids is 2. The van der Waals surface area contributed by atoms with E-state index in [0.717, 1.165) is 57.9 Å². The zero-order valence-corrected chi connectivity index (χ0v) is 14.9. The number of piperidine rings is 1. The number of nitrogens with zero attached hydrogens (tertiary/aromatic N) is 5. The molecule has 2 aliphatic heterocycles. The van der Waals surface area contributed by atoms with Gasteiger partial charge in [-0.3, -0.25) is 19.4 Å². The number of imidazole rings is 1. The van der Waals surface area contributed by atoms with Gasteiger partial charge in [0.05, 0.1) is 19.0 Å². The Kier molecular flexibility index (Phi) is 5.70. The van der Waals surface area contributed by atoms with Gasteiger partial charge in [0.15, 0.2) is 0 Å². The van der Waals surface area contributed by atoms with Gasteiger partial charge >= 0.3 is 0 Å². The maximum Gasteiger partial charge on any atom is 0.231 e. The van der Waals surface area contributed by atoms with Crippen molar-refractivity contribution in [2.45, 2.75) is 19.4 Å². The maximum absolute atomic E-state index is 12.8. The van der Waals surface area contributed by atoms with Crippen LogP contribution in [0, 0.1) is 5.92 Å².